The number of ether oxygens (including phenoxy) is 1. The van der Waals surface area contributed by atoms with Gasteiger partial charge in [0.25, 0.3) is 0 Å². The first kappa shape index (κ1) is 15.1. The first-order valence-electron chi connectivity index (χ1n) is 6.31. The van der Waals surface area contributed by atoms with E-state index in [-0.39, 0.29) is 25.6 Å². The monoisotopic (exact) mass is 309 g/mol. The predicted octanol–water partition coefficient (Wildman–Crippen LogP) is 0.423. The zero-order chi connectivity index (χ0) is 15.2. The highest BCUT2D eigenvalue weighted by molar-refractivity contribution is 7.13. The number of thiophene rings is 1. The number of carbonyl (C=O) groups is 2. The maximum Gasteiger partial charge on any atom is 0.325 e. The Balaban J connectivity index is 1.92. The zero-order valence-electron chi connectivity index (χ0n) is 11.7. The summed E-state index contributed by atoms with van der Waals surface area (Å²) in [6, 6.07) is 3.76. The average Bonchev–Trinajstić information content (AvgIpc) is 3.08. The number of rotatable bonds is 6. The van der Waals surface area contributed by atoms with Crippen LogP contribution < -0.4 is 0 Å². The molecule has 0 saturated carbocycles. The Morgan fingerprint density at radius 3 is 2.95 bits per heavy atom. The quantitative estimate of drug-likeness (QED) is 0.719. The standard InChI is InChI=1S/C12H15N5O3S/c1-3-20-11(19)8-16(2)10(18)7-17-14-12(13-15-17)9-5-4-6-21-9/h4-6H,3,7-8H2,1-2H3. The molecule has 0 fully saturated rings. The Morgan fingerprint density at radius 2 is 2.29 bits per heavy atom. The fourth-order valence-corrected chi connectivity index (χ4v) is 2.19. The Morgan fingerprint density at radius 1 is 1.48 bits per heavy atom. The van der Waals surface area contributed by atoms with E-state index in [9.17, 15) is 9.59 Å². The molecular formula is C12H15N5O3S. The molecule has 0 aromatic carbocycles. The topological polar surface area (TPSA) is 90.2 Å². The van der Waals surface area contributed by atoms with Crippen LogP contribution in [0.15, 0.2) is 17.5 Å². The summed E-state index contributed by atoms with van der Waals surface area (Å²) in [6.45, 7) is 1.83. The third-order valence-electron chi connectivity index (χ3n) is 2.57. The third kappa shape index (κ3) is 4.09. The van der Waals surface area contributed by atoms with Gasteiger partial charge in [0.2, 0.25) is 11.7 Å². The van der Waals surface area contributed by atoms with Crippen LogP contribution in [0.3, 0.4) is 0 Å². The van der Waals surface area contributed by atoms with E-state index in [0.717, 1.165) is 4.88 Å². The molecule has 0 N–H and O–H groups in total. The molecule has 0 bridgehead atoms. The molecule has 0 spiro atoms. The van der Waals surface area contributed by atoms with E-state index in [2.05, 4.69) is 15.4 Å². The highest BCUT2D eigenvalue weighted by atomic mass is 32.1. The molecule has 0 aliphatic heterocycles. The summed E-state index contributed by atoms with van der Waals surface area (Å²) < 4.78 is 4.78. The van der Waals surface area contributed by atoms with Crippen LogP contribution >= 0.6 is 11.3 Å². The molecule has 0 aliphatic rings. The van der Waals surface area contributed by atoms with Gasteiger partial charge in [-0.05, 0) is 23.6 Å². The van der Waals surface area contributed by atoms with E-state index >= 15 is 0 Å². The molecule has 8 nitrogen and oxygen atoms in total. The minimum Gasteiger partial charge on any atom is -0.465 e. The summed E-state index contributed by atoms with van der Waals surface area (Å²) in [7, 11) is 1.52. The maximum atomic E-state index is 11.9. The Kier molecular flexibility index (Phi) is 4.99. The SMILES string of the molecule is CCOC(=O)CN(C)C(=O)Cn1nnc(-c2cccs2)n1. The van der Waals surface area contributed by atoms with Crippen molar-refractivity contribution in [1.82, 2.24) is 25.1 Å². The molecule has 9 heteroatoms. The fraction of sp³-hybridized carbons (Fsp3) is 0.417. The second kappa shape index (κ2) is 6.93. The van der Waals surface area contributed by atoms with Gasteiger partial charge in [0.1, 0.15) is 13.1 Å². The number of nitrogens with zero attached hydrogens (tertiary/aromatic N) is 5. The number of hydrogen-bond donors (Lipinski definition) is 0. The van der Waals surface area contributed by atoms with Gasteiger partial charge in [-0.15, -0.1) is 21.5 Å². The third-order valence-corrected chi connectivity index (χ3v) is 3.43. The number of hydrogen-bond acceptors (Lipinski definition) is 7. The summed E-state index contributed by atoms with van der Waals surface area (Å²) in [4.78, 5) is 26.6. The molecule has 1 amide bonds. The molecule has 0 atom stereocenters. The lowest BCUT2D eigenvalue weighted by Gasteiger charge is -2.15. The van der Waals surface area contributed by atoms with E-state index in [4.69, 9.17) is 4.74 Å². The summed E-state index contributed by atoms with van der Waals surface area (Å²) in [6.07, 6.45) is 0. The molecule has 2 aromatic rings. The van der Waals surface area contributed by atoms with E-state index in [1.165, 1.54) is 28.1 Å². The number of likely N-dealkylation sites (N-methyl/N-ethyl adjacent to an activating group) is 1. The number of esters is 1. The lowest BCUT2D eigenvalue weighted by Crippen LogP contribution is -2.35. The van der Waals surface area contributed by atoms with Crippen molar-refractivity contribution in [2.24, 2.45) is 0 Å². The highest BCUT2D eigenvalue weighted by Crippen LogP contribution is 2.19. The van der Waals surface area contributed by atoms with Gasteiger partial charge in [-0.25, -0.2) is 0 Å². The van der Waals surface area contributed by atoms with Crippen molar-refractivity contribution in [3.63, 3.8) is 0 Å². The van der Waals surface area contributed by atoms with Crippen molar-refractivity contribution in [2.75, 3.05) is 20.2 Å². The van der Waals surface area contributed by atoms with Crippen LogP contribution in [0, 0.1) is 0 Å². The average molecular weight is 309 g/mol. The summed E-state index contributed by atoms with van der Waals surface area (Å²) >= 11 is 1.49. The van der Waals surface area contributed by atoms with Crippen molar-refractivity contribution < 1.29 is 14.3 Å². The molecule has 2 rings (SSSR count). The smallest absolute Gasteiger partial charge is 0.325 e. The van der Waals surface area contributed by atoms with Crippen LogP contribution in [0.25, 0.3) is 10.7 Å². The number of amides is 1. The maximum absolute atomic E-state index is 11.9. The van der Waals surface area contributed by atoms with Gasteiger partial charge < -0.3 is 9.64 Å². The van der Waals surface area contributed by atoms with Gasteiger partial charge >= 0.3 is 5.97 Å². The van der Waals surface area contributed by atoms with Gasteiger partial charge in [-0.3, -0.25) is 9.59 Å². The molecule has 2 aromatic heterocycles. The lowest BCUT2D eigenvalue weighted by atomic mass is 10.4. The minimum atomic E-state index is -0.445. The first-order valence-corrected chi connectivity index (χ1v) is 7.19. The Hall–Kier alpha value is -2.29. The molecule has 21 heavy (non-hydrogen) atoms. The van der Waals surface area contributed by atoms with Crippen molar-refractivity contribution in [3.8, 4) is 10.7 Å². The van der Waals surface area contributed by atoms with Gasteiger partial charge in [-0.1, -0.05) is 6.07 Å². The second-order valence-corrected chi connectivity index (χ2v) is 5.12. The van der Waals surface area contributed by atoms with Gasteiger partial charge in [0.15, 0.2) is 0 Å². The van der Waals surface area contributed by atoms with Gasteiger partial charge in [0.05, 0.1) is 11.5 Å². The highest BCUT2D eigenvalue weighted by Gasteiger charge is 2.16. The van der Waals surface area contributed by atoms with E-state index in [1.807, 2.05) is 17.5 Å². The molecule has 0 unspecified atom stereocenters. The lowest BCUT2D eigenvalue weighted by molar-refractivity contribution is -0.148. The van der Waals surface area contributed by atoms with Gasteiger partial charge in [-0.2, -0.15) is 4.80 Å². The minimum absolute atomic E-state index is 0.0751. The first-order chi connectivity index (χ1) is 10.1. The van der Waals surface area contributed by atoms with Gasteiger partial charge in [0, 0.05) is 7.05 Å². The van der Waals surface area contributed by atoms with Crippen LogP contribution in [0.2, 0.25) is 0 Å². The van der Waals surface area contributed by atoms with E-state index in [1.54, 1.807) is 6.92 Å². The van der Waals surface area contributed by atoms with Crippen molar-refractivity contribution in [1.29, 1.82) is 0 Å². The van der Waals surface area contributed by atoms with Crippen LogP contribution in [0.1, 0.15) is 6.92 Å². The number of tetrazole rings is 1. The molecule has 0 aliphatic carbocycles. The van der Waals surface area contributed by atoms with Crippen LogP contribution in [0.5, 0.6) is 0 Å². The molecule has 112 valence electrons. The summed E-state index contributed by atoms with van der Waals surface area (Å²) in [5.41, 5.74) is 0. The molecule has 0 radical (unpaired) electrons. The Bertz CT molecular complexity index is 610. The van der Waals surface area contributed by atoms with Crippen molar-refractivity contribution >= 4 is 23.2 Å². The van der Waals surface area contributed by atoms with Crippen molar-refractivity contribution in [2.45, 2.75) is 13.5 Å². The predicted molar refractivity (Wildman–Crippen MR) is 75.4 cm³/mol. The fourth-order valence-electron chi connectivity index (χ4n) is 1.54. The molecule has 2 heterocycles. The van der Waals surface area contributed by atoms with E-state index in [0.29, 0.717) is 5.82 Å². The van der Waals surface area contributed by atoms with Crippen LogP contribution in [-0.4, -0.2) is 57.2 Å². The van der Waals surface area contributed by atoms with E-state index < -0.39 is 5.97 Å². The number of aromatic nitrogens is 4. The molecule has 0 saturated heterocycles. The summed E-state index contributed by atoms with van der Waals surface area (Å²) in [5, 5.41) is 13.8. The Labute approximate surface area is 125 Å². The summed E-state index contributed by atoms with van der Waals surface area (Å²) in [5.74, 6) is -0.261. The number of carbonyl (C=O) groups excluding carboxylic acids is 2. The second-order valence-electron chi connectivity index (χ2n) is 4.18. The normalized spacial score (nSPS) is 10.4. The van der Waals surface area contributed by atoms with Crippen LogP contribution in [-0.2, 0) is 20.9 Å². The van der Waals surface area contributed by atoms with Crippen LogP contribution in [0.4, 0.5) is 0 Å². The molecular weight excluding hydrogens is 294 g/mol. The zero-order valence-corrected chi connectivity index (χ0v) is 12.5. The largest absolute Gasteiger partial charge is 0.465 e. The van der Waals surface area contributed by atoms with Crippen molar-refractivity contribution in [3.05, 3.63) is 17.5 Å².